The smallest absolute Gasteiger partial charge is 0.243 e. The number of carbonyl (C=O) groups is 1. The third-order valence-corrected chi connectivity index (χ3v) is 7.16. The van der Waals surface area contributed by atoms with Gasteiger partial charge in [-0.05, 0) is 56.9 Å². The summed E-state index contributed by atoms with van der Waals surface area (Å²) >= 11 is 0. The predicted octanol–water partition coefficient (Wildman–Crippen LogP) is 3.05. The molecule has 1 aliphatic heterocycles. The Labute approximate surface area is 160 Å². The van der Waals surface area contributed by atoms with Crippen LogP contribution in [0.2, 0.25) is 0 Å². The van der Waals surface area contributed by atoms with Crippen molar-refractivity contribution in [3.63, 3.8) is 0 Å². The van der Waals surface area contributed by atoms with E-state index in [1.165, 1.54) is 4.31 Å². The SMILES string of the molecule is Cc1cc(C)c(S(=O)(=O)N2CCC(C(=O)Nc3cccnc3)CC2)c(C)c1. The first-order chi connectivity index (χ1) is 12.8. The molecule has 2 heterocycles. The zero-order valence-electron chi connectivity index (χ0n) is 15.9. The van der Waals surface area contributed by atoms with Gasteiger partial charge in [-0.25, -0.2) is 8.42 Å². The Morgan fingerprint density at radius 3 is 2.33 bits per heavy atom. The lowest BCUT2D eigenvalue weighted by atomic mass is 9.97. The number of pyridine rings is 1. The second kappa shape index (κ2) is 7.78. The van der Waals surface area contributed by atoms with Crippen molar-refractivity contribution in [1.29, 1.82) is 0 Å². The number of anilines is 1. The van der Waals surface area contributed by atoms with Crippen LogP contribution in [0.4, 0.5) is 5.69 Å². The highest BCUT2D eigenvalue weighted by Crippen LogP contribution is 2.29. The molecule has 2 aromatic rings. The summed E-state index contributed by atoms with van der Waals surface area (Å²) in [4.78, 5) is 16.8. The quantitative estimate of drug-likeness (QED) is 0.874. The summed E-state index contributed by atoms with van der Waals surface area (Å²) in [7, 11) is -3.56. The Bertz CT molecular complexity index is 911. The number of carbonyl (C=O) groups excluding carboxylic acids is 1. The zero-order chi connectivity index (χ0) is 19.6. The summed E-state index contributed by atoms with van der Waals surface area (Å²) in [6, 6.07) is 7.34. The molecule has 144 valence electrons. The Hall–Kier alpha value is -2.25. The number of hydrogen-bond acceptors (Lipinski definition) is 4. The van der Waals surface area contributed by atoms with Gasteiger partial charge in [0.25, 0.3) is 0 Å². The number of nitrogens with zero attached hydrogens (tertiary/aromatic N) is 2. The number of aromatic nitrogens is 1. The van der Waals surface area contributed by atoms with E-state index in [1.54, 1.807) is 24.5 Å². The lowest BCUT2D eigenvalue weighted by Gasteiger charge is -2.31. The van der Waals surface area contributed by atoms with Crippen molar-refractivity contribution in [1.82, 2.24) is 9.29 Å². The minimum absolute atomic E-state index is 0.0808. The number of nitrogens with one attached hydrogen (secondary N) is 1. The molecular weight excluding hydrogens is 362 g/mol. The number of piperidine rings is 1. The minimum Gasteiger partial charge on any atom is -0.324 e. The van der Waals surface area contributed by atoms with Crippen LogP contribution in [0.5, 0.6) is 0 Å². The third-order valence-electron chi connectivity index (χ3n) is 4.96. The molecule has 27 heavy (non-hydrogen) atoms. The van der Waals surface area contributed by atoms with Crippen molar-refractivity contribution >= 4 is 21.6 Å². The van der Waals surface area contributed by atoms with Gasteiger partial charge in [0.2, 0.25) is 15.9 Å². The molecule has 1 aliphatic rings. The van der Waals surface area contributed by atoms with E-state index in [1.807, 2.05) is 32.9 Å². The fourth-order valence-electron chi connectivity index (χ4n) is 3.74. The van der Waals surface area contributed by atoms with Gasteiger partial charge in [0.05, 0.1) is 16.8 Å². The van der Waals surface area contributed by atoms with E-state index in [0.717, 1.165) is 16.7 Å². The van der Waals surface area contributed by atoms with Crippen molar-refractivity contribution in [3.05, 3.63) is 53.3 Å². The summed E-state index contributed by atoms with van der Waals surface area (Å²) in [5, 5.41) is 2.85. The molecule has 0 spiro atoms. The highest BCUT2D eigenvalue weighted by molar-refractivity contribution is 7.89. The average molecular weight is 388 g/mol. The highest BCUT2D eigenvalue weighted by atomic mass is 32.2. The molecule has 7 heteroatoms. The van der Waals surface area contributed by atoms with E-state index in [0.29, 0.717) is 36.5 Å². The molecule has 0 bridgehead atoms. The lowest BCUT2D eigenvalue weighted by molar-refractivity contribution is -0.120. The van der Waals surface area contributed by atoms with E-state index < -0.39 is 10.0 Å². The Morgan fingerprint density at radius 2 is 1.78 bits per heavy atom. The standard InChI is InChI=1S/C20H25N3O3S/c1-14-11-15(2)19(16(3)12-14)27(25,26)23-9-6-17(7-10-23)20(24)22-18-5-4-8-21-13-18/h4-5,8,11-13,17H,6-7,9-10H2,1-3H3,(H,22,24). The van der Waals surface area contributed by atoms with Gasteiger partial charge >= 0.3 is 0 Å². The maximum atomic E-state index is 13.1. The van der Waals surface area contributed by atoms with Crippen molar-refractivity contribution in [2.45, 2.75) is 38.5 Å². The normalized spacial score (nSPS) is 16.3. The van der Waals surface area contributed by atoms with Gasteiger partial charge in [-0.2, -0.15) is 4.31 Å². The minimum atomic E-state index is -3.56. The summed E-state index contributed by atoms with van der Waals surface area (Å²) in [5.74, 6) is -0.278. The Balaban J connectivity index is 1.69. The van der Waals surface area contributed by atoms with E-state index in [9.17, 15) is 13.2 Å². The molecule has 1 saturated heterocycles. The van der Waals surface area contributed by atoms with Crippen LogP contribution in [0.1, 0.15) is 29.5 Å². The molecule has 3 rings (SSSR count). The summed E-state index contributed by atoms with van der Waals surface area (Å²) in [5.41, 5.74) is 3.24. The van der Waals surface area contributed by atoms with Gasteiger partial charge in [-0.1, -0.05) is 17.7 Å². The first-order valence-corrected chi connectivity index (χ1v) is 10.5. The first-order valence-electron chi connectivity index (χ1n) is 9.08. The summed E-state index contributed by atoms with van der Waals surface area (Å²) in [6.07, 6.45) is 4.26. The predicted molar refractivity (Wildman–Crippen MR) is 105 cm³/mol. The Kier molecular flexibility index (Phi) is 5.62. The molecule has 0 unspecified atom stereocenters. The number of amides is 1. The van der Waals surface area contributed by atoms with E-state index >= 15 is 0 Å². The van der Waals surface area contributed by atoms with Crippen molar-refractivity contribution in [2.24, 2.45) is 5.92 Å². The van der Waals surface area contributed by atoms with Crippen LogP contribution in [0.15, 0.2) is 41.6 Å². The maximum Gasteiger partial charge on any atom is 0.243 e. The lowest BCUT2D eigenvalue weighted by Crippen LogP contribution is -2.41. The average Bonchev–Trinajstić information content (AvgIpc) is 2.61. The first kappa shape index (κ1) is 19.5. The molecular formula is C20H25N3O3S. The van der Waals surface area contributed by atoms with Crippen molar-refractivity contribution in [3.8, 4) is 0 Å². The van der Waals surface area contributed by atoms with Gasteiger partial charge in [-0.15, -0.1) is 0 Å². The molecule has 0 radical (unpaired) electrons. The van der Waals surface area contributed by atoms with Crippen LogP contribution in [-0.2, 0) is 14.8 Å². The summed E-state index contributed by atoms with van der Waals surface area (Å²) in [6.45, 7) is 6.32. The van der Waals surface area contributed by atoms with Gasteiger partial charge < -0.3 is 5.32 Å². The van der Waals surface area contributed by atoms with Crippen molar-refractivity contribution < 1.29 is 13.2 Å². The van der Waals surface area contributed by atoms with Crippen LogP contribution in [0.3, 0.4) is 0 Å². The molecule has 1 fully saturated rings. The molecule has 0 saturated carbocycles. The number of benzene rings is 1. The Morgan fingerprint density at radius 1 is 1.15 bits per heavy atom. The number of aryl methyl sites for hydroxylation is 3. The van der Waals surface area contributed by atoms with Crippen LogP contribution in [0.25, 0.3) is 0 Å². The fourth-order valence-corrected chi connectivity index (χ4v) is 5.62. The molecule has 0 atom stereocenters. The fraction of sp³-hybridized carbons (Fsp3) is 0.400. The molecule has 1 aromatic carbocycles. The molecule has 6 nitrogen and oxygen atoms in total. The van der Waals surface area contributed by atoms with Gasteiger partial charge in [0.1, 0.15) is 0 Å². The molecule has 1 N–H and O–H groups in total. The number of hydrogen-bond donors (Lipinski definition) is 1. The molecule has 1 amide bonds. The largest absolute Gasteiger partial charge is 0.324 e. The van der Waals surface area contributed by atoms with E-state index in [4.69, 9.17) is 0 Å². The van der Waals surface area contributed by atoms with Crippen LogP contribution in [-0.4, -0.2) is 36.7 Å². The van der Waals surface area contributed by atoms with Gasteiger partial charge in [0, 0.05) is 25.2 Å². The van der Waals surface area contributed by atoms with E-state index in [2.05, 4.69) is 10.3 Å². The second-order valence-corrected chi connectivity index (χ2v) is 9.01. The zero-order valence-corrected chi connectivity index (χ0v) is 16.7. The second-order valence-electron chi connectivity index (χ2n) is 7.14. The molecule has 1 aromatic heterocycles. The third kappa shape index (κ3) is 4.20. The van der Waals surface area contributed by atoms with Gasteiger partial charge in [-0.3, -0.25) is 9.78 Å². The topological polar surface area (TPSA) is 79.4 Å². The maximum absolute atomic E-state index is 13.1. The number of sulfonamides is 1. The van der Waals surface area contributed by atoms with E-state index in [-0.39, 0.29) is 11.8 Å². The monoisotopic (exact) mass is 387 g/mol. The molecule has 0 aliphatic carbocycles. The van der Waals surface area contributed by atoms with Crippen LogP contribution >= 0.6 is 0 Å². The number of rotatable bonds is 4. The van der Waals surface area contributed by atoms with Crippen LogP contribution in [0, 0.1) is 26.7 Å². The van der Waals surface area contributed by atoms with Crippen LogP contribution < -0.4 is 5.32 Å². The van der Waals surface area contributed by atoms with Crippen molar-refractivity contribution in [2.75, 3.05) is 18.4 Å². The van der Waals surface area contributed by atoms with Gasteiger partial charge in [0.15, 0.2) is 0 Å². The summed E-state index contributed by atoms with van der Waals surface area (Å²) < 4.78 is 27.8. The highest BCUT2D eigenvalue weighted by Gasteiger charge is 2.33.